The molecule has 0 spiro atoms. The Kier molecular flexibility index (Phi) is 3.96. The van der Waals surface area contributed by atoms with Crippen molar-refractivity contribution in [2.24, 2.45) is 5.18 Å². The molecule has 0 aromatic rings. The molecule has 0 aliphatic heterocycles. The van der Waals surface area contributed by atoms with Crippen LogP contribution in [0.1, 0.15) is 0 Å². The molecule has 0 saturated heterocycles. The fourth-order valence-electron chi connectivity index (χ4n) is 0.0414. The molecular formula is CH2INO2S. The zero-order chi connectivity index (χ0) is 4.99. The zero-order valence-electron chi connectivity index (χ0n) is 2.76. The molecule has 3 nitrogen and oxygen atoms in total. The Bertz CT molecular complexity index is 73.9. The molecule has 0 radical (unpaired) electrons. The smallest absolute Gasteiger partial charge is 0.166 e. The SMILES string of the molecule is O=NCS(=O)I. The second-order valence-electron chi connectivity index (χ2n) is 0.548. The van der Waals surface area contributed by atoms with Gasteiger partial charge in [-0.3, -0.25) is 0 Å². The van der Waals surface area contributed by atoms with E-state index in [9.17, 15) is 4.21 Å². The lowest BCUT2D eigenvalue weighted by atomic mass is 11.5. The van der Waals surface area contributed by atoms with E-state index in [0.29, 0.717) is 0 Å². The second kappa shape index (κ2) is 3.66. The molecule has 5 heteroatoms. The van der Waals surface area contributed by atoms with Crippen molar-refractivity contribution in [3.8, 4) is 0 Å². The first kappa shape index (κ1) is 6.48. The van der Waals surface area contributed by atoms with Gasteiger partial charge in [0, 0.05) is 21.2 Å². The van der Waals surface area contributed by atoms with Gasteiger partial charge < -0.3 is 0 Å². The maximum atomic E-state index is 9.85. The first-order chi connectivity index (χ1) is 2.77. The third kappa shape index (κ3) is 4.48. The summed E-state index contributed by atoms with van der Waals surface area (Å²) in [5.41, 5.74) is 0. The summed E-state index contributed by atoms with van der Waals surface area (Å²) < 4.78 is 9.85. The van der Waals surface area contributed by atoms with Crippen LogP contribution < -0.4 is 0 Å². The maximum absolute atomic E-state index is 9.85. The van der Waals surface area contributed by atoms with E-state index in [1.807, 2.05) is 0 Å². The minimum atomic E-state index is -1.07. The molecule has 1 atom stereocenters. The average Bonchev–Trinajstić information content (AvgIpc) is 1.35. The van der Waals surface area contributed by atoms with Gasteiger partial charge >= 0.3 is 0 Å². The monoisotopic (exact) mass is 219 g/mol. The molecule has 0 bridgehead atoms. The van der Waals surface area contributed by atoms with Crippen LogP contribution in [-0.4, -0.2) is 10.1 Å². The first-order valence-electron chi connectivity index (χ1n) is 1.11. The number of nitrogens with zero attached hydrogens (tertiary/aromatic N) is 1. The van der Waals surface area contributed by atoms with E-state index in [4.69, 9.17) is 4.91 Å². The Morgan fingerprint density at radius 2 is 2.33 bits per heavy atom. The Balaban J connectivity index is 3.05. The van der Waals surface area contributed by atoms with Gasteiger partial charge in [0.05, 0.1) is 0 Å². The second-order valence-corrected chi connectivity index (χ2v) is 4.33. The molecule has 0 amide bonds. The van der Waals surface area contributed by atoms with Crippen LogP contribution in [-0.2, 0) is 7.97 Å². The highest BCUT2D eigenvalue weighted by Gasteiger charge is 1.84. The van der Waals surface area contributed by atoms with Gasteiger partial charge in [-0.15, -0.1) is 4.91 Å². The number of nitroso groups, excluding NO2 is 1. The van der Waals surface area contributed by atoms with Crippen molar-refractivity contribution in [2.75, 3.05) is 5.88 Å². The Hall–Kier alpha value is 0.480. The maximum Gasteiger partial charge on any atom is 0.166 e. The van der Waals surface area contributed by atoms with Crippen molar-refractivity contribution in [3.63, 3.8) is 0 Å². The molecule has 36 valence electrons. The lowest BCUT2D eigenvalue weighted by molar-refractivity contribution is 0.693. The highest BCUT2D eigenvalue weighted by Crippen LogP contribution is 1.91. The summed E-state index contributed by atoms with van der Waals surface area (Å²) >= 11 is 1.62. The number of halogens is 1. The molecule has 0 heterocycles. The predicted octanol–water partition coefficient (Wildman–Crippen LogP) is 0.809. The fraction of sp³-hybridized carbons (Fsp3) is 1.00. The van der Waals surface area contributed by atoms with Crippen molar-refractivity contribution < 1.29 is 4.21 Å². The Morgan fingerprint density at radius 3 is 2.33 bits per heavy atom. The lowest BCUT2D eigenvalue weighted by Gasteiger charge is -1.70. The summed E-state index contributed by atoms with van der Waals surface area (Å²) in [4.78, 5) is 9.17. The number of hydrogen-bond donors (Lipinski definition) is 0. The van der Waals surface area contributed by atoms with Crippen LogP contribution >= 0.6 is 21.2 Å². The van der Waals surface area contributed by atoms with Gasteiger partial charge in [-0.1, -0.05) is 5.18 Å². The topological polar surface area (TPSA) is 46.5 Å². The van der Waals surface area contributed by atoms with E-state index in [1.165, 1.54) is 0 Å². The lowest BCUT2D eigenvalue weighted by Crippen LogP contribution is -1.76. The van der Waals surface area contributed by atoms with Gasteiger partial charge in [0.2, 0.25) is 0 Å². The highest BCUT2D eigenvalue weighted by atomic mass is 127. The summed E-state index contributed by atoms with van der Waals surface area (Å²) in [5.74, 6) is -0.0967. The van der Waals surface area contributed by atoms with Gasteiger partial charge in [-0.2, -0.15) is 0 Å². The zero-order valence-corrected chi connectivity index (χ0v) is 5.73. The quantitative estimate of drug-likeness (QED) is 0.392. The van der Waals surface area contributed by atoms with Gasteiger partial charge in [0.1, 0.15) is 7.97 Å². The summed E-state index contributed by atoms with van der Waals surface area (Å²) in [6.07, 6.45) is 0. The van der Waals surface area contributed by atoms with Crippen molar-refractivity contribution in [1.29, 1.82) is 0 Å². The molecule has 0 fully saturated rings. The standard InChI is InChI=1S/CH2INO2S/c2-6(5)1-3-4/h1H2. The van der Waals surface area contributed by atoms with Gasteiger partial charge in [-0.25, -0.2) is 4.21 Å². The van der Waals surface area contributed by atoms with E-state index in [1.54, 1.807) is 21.2 Å². The summed E-state index contributed by atoms with van der Waals surface area (Å²) in [7, 11) is -1.07. The Labute approximate surface area is 49.5 Å². The average molecular weight is 219 g/mol. The minimum absolute atomic E-state index is 0.0967. The van der Waals surface area contributed by atoms with Crippen LogP contribution in [0.4, 0.5) is 0 Å². The molecule has 0 saturated carbocycles. The van der Waals surface area contributed by atoms with Crippen molar-refractivity contribution >= 4 is 29.2 Å². The predicted molar refractivity (Wildman–Crippen MR) is 32.8 cm³/mol. The summed E-state index contributed by atoms with van der Waals surface area (Å²) in [6, 6.07) is 0. The van der Waals surface area contributed by atoms with E-state index < -0.39 is 7.97 Å². The normalized spacial score (nSPS) is 13.5. The summed E-state index contributed by atoms with van der Waals surface area (Å²) in [5, 5.41) is 2.38. The number of rotatable bonds is 2. The van der Waals surface area contributed by atoms with E-state index >= 15 is 0 Å². The molecular weight excluding hydrogens is 217 g/mol. The molecule has 0 aromatic carbocycles. The van der Waals surface area contributed by atoms with Gasteiger partial charge in [-0.05, 0) is 0 Å². The minimum Gasteiger partial charge on any atom is -0.246 e. The largest absolute Gasteiger partial charge is 0.246 e. The third-order valence-electron chi connectivity index (χ3n) is 0.154. The van der Waals surface area contributed by atoms with Crippen LogP contribution in [0.15, 0.2) is 5.18 Å². The van der Waals surface area contributed by atoms with E-state index in [0.717, 1.165) is 0 Å². The van der Waals surface area contributed by atoms with Crippen LogP contribution in [0.2, 0.25) is 0 Å². The molecule has 6 heavy (non-hydrogen) atoms. The van der Waals surface area contributed by atoms with Crippen molar-refractivity contribution in [1.82, 2.24) is 0 Å². The van der Waals surface area contributed by atoms with Gasteiger partial charge in [0.15, 0.2) is 5.88 Å². The van der Waals surface area contributed by atoms with Gasteiger partial charge in [0.25, 0.3) is 0 Å². The van der Waals surface area contributed by atoms with Crippen LogP contribution in [0.25, 0.3) is 0 Å². The first-order valence-corrected chi connectivity index (χ1v) is 4.97. The summed E-state index contributed by atoms with van der Waals surface area (Å²) in [6.45, 7) is 0. The molecule has 0 rings (SSSR count). The third-order valence-corrected chi connectivity index (χ3v) is 1.30. The van der Waals surface area contributed by atoms with Crippen molar-refractivity contribution in [3.05, 3.63) is 4.91 Å². The van der Waals surface area contributed by atoms with E-state index in [2.05, 4.69) is 5.18 Å². The molecule has 0 aliphatic carbocycles. The van der Waals surface area contributed by atoms with E-state index in [-0.39, 0.29) is 5.88 Å². The molecule has 0 aliphatic rings. The van der Waals surface area contributed by atoms with Crippen LogP contribution in [0.5, 0.6) is 0 Å². The van der Waals surface area contributed by atoms with Crippen molar-refractivity contribution in [2.45, 2.75) is 0 Å². The highest BCUT2D eigenvalue weighted by molar-refractivity contribution is 14.2. The Morgan fingerprint density at radius 1 is 1.83 bits per heavy atom. The molecule has 0 aromatic heterocycles. The number of hydrogen-bond acceptors (Lipinski definition) is 3. The van der Waals surface area contributed by atoms with Crippen LogP contribution in [0.3, 0.4) is 0 Å². The van der Waals surface area contributed by atoms with Crippen LogP contribution in [0, 0.1) is 4.91 Å². The molecule has 0 N–H and O–H groups in total. The fourth-order valence-corrected chi connectivity index (χ4v) is 0.465. The molecule has 1 unspecified atom stereocenters.